The minimum atomic E-state index is -0.0301. The highest BCUT2D eigenvalue weighted by Gasteiger charge is 2.10. The SMILES string of the molecule is Cn1nc2c(cc1=O)CNCC2. The van der Waals surface area contributed by atoms with Crippen molar-refractivity contribution in [3.05, 3.63) is 27.7 Å². The Morgan fingerprint density at radius 1 is 1.67 bits per heavy atom. The summed E-state index contributed by atoms with van der Waals surface area (Å²) >= 11 is 0. The Morgan fingerprint density at radius 2 is 2.50 bits per heavy atom. The van der Waals surface area contributed by atoms with Crippen LogP contribution in [0.5, 0.6) is 0 Å². The number of fused-ring (bicyclic) bond motifs is 1. The van der Waals surface area contributed by atoms with E-state index in [9.17, 15) is 4.79 Å². The van der Waals surface area contributed by atoms with E-state index in [1.807, 2.05) is 0 Å². The molecule has 1 aliphatic heterocycles. The van der Waals surface area contributed by atoms with E-state index in [2.05, 4.69) is 10.4 Å². The summed E-state index contributed by atoms with van der Waals surface area (Å²) in [5.41, 5.74) is 2.07. The molecular weight excluding hydrogens is 154 g/mol. The van der Waals surface area contributed by atoms with Crippen LogP contribution in [0.15, 0.2) is 10.9 Å². The first-order valence-corrected chi connectivity index (χ1v) is 4.04. The normalized spacial score (nSPS) is 15.8. The predicted octanol–water partition coefficient (Wildman–Crippen LogP) is -0.574. The largest absolute Gasteiger partial charge is 0.312 e. The quantitative estimate of drug-likeness (QED) is 0.560. The fourth-order valence-electron chi connectivity index (χ4n) is 1.41. The van der Waals surface area contributed by atoms with Crippen LogP contribution in [0.4, 0.5) is 0 Å². The lowest BCUT2D eigenvalue weighted by Crippen LogP contribution is -2.30. The molecule has 1 aromatic rings. The summed E-state index contributed by atoms with van der Waals surface area (Å²) in [6.45, 7) is 1.73. The minimum absolute atomic E-state index is 0.0301. The van der Waals surface area contributed by atoms with Gasteiger partial charge in [0.25, 0.3) is 5.56 Å². The Kier molecular flexibility index (Phi) is 1.69. The van der Waals surface area contributed by atoms with E-state index in [1.165, 1.54) is 4.68 Å². The summed E-state index contributed by atoms with van der Waals surface area (Å²) in [5.74, 6) is 0. The fourth-order valence-corrected chi connectivity index (χ4v) is 1.41. The van der Waals surface area contributed by atoms with Crippen molar-refractivity contribution < 1.29 is 0 Å². The summed E-state index contributed by atoms with van der Waals surface area (Å²) < 4.78 is 1.39. The van der Waals surface area contributed by atoms with Gasteiger partial charge in [0, 0.05) is 32.6 Å². The van der Waals surface area contributed by atoms with E-state index in [1.54, 1.807) is 13.1 Å². The standard InChI is InChI=1S/C8H11N3O/c1-11-8(12)4-6-5-9-3-2-7(6)10-11/h4,9H,2-3,5H2,1H3. The van der Waals surface area contributed by atoms with Gasteiger partial charge < -0.3 is 5.32 Å². The summed E-state index contributed by atoms with van der Waals surface area (Å²) in [4.78, 5) is 11.2. The Balaban J connectivity index is 2.56. The number of hydrogen-bond acceptors (Lipinski definition) is 3. The average molecular weight is 165 g/mol. The Morgan fingerprint density at radius 3 is 3.33 bits per heavy atom. The minimum Gasteiger partial charge on any atom is -0.312 e. The van der Waals surface area contributed by atoms with Gasteiger partial charge in [0.2, 0.25) is 0 Å². The van der Waals surface area contributed by atoms with Crippen LogP contribution in [0.1, 0.15) is 11.3 Å². The molecule has 2 rings (SSSR count). The molecule has 0 fully saturated rings. The second kappa shape index (κ2) is 2.71. The lowest BCUT2D eigenvalue weighted by atomic mass is 10.1. The highest BCUT2D eigenvalue weighted by Crippen LogP contribution is 2.06. The second-order valence-corrected chi connectivity index (χ2v) is 3.00. The third kappa shape index (κ3) is 1.14. The van der Waals surface area contributed by atoms with E-state index < -0.39 is 0 Å². The Hall–Kier alpha value is -1.16. The average Bonchev–Trinajstić information content (AvgIpc) is 2.07. The number of nitrogens with zero attached hydrogens (tertiary/aromatic N) is 2. The maximum atomic E-state index is 11.2. The van der Waals surface area contributed by atoms with Crippen molar-refractivity contribution in [2.75, 3.05) is 6.54 Å². The van der Waals surface area contributed by atoms with Crippen LogP contribution in [-0.4, -0.2) is 16.3 Å². The summed E-state index contributed by atoms with van der Waals surface area (Å²) in [6, 6.07) is 1.66. The van der Waals surface area contributed by atoms with Gasteiger partial charge in [0.15, 0.2) is 0 Å². The van der Waals surface area contributed by atoms with Crippen LogP contribution in [0.3, 0.4) is 0 Å². The molecule has 64 valence electrons. The molecule has 1 N–H and O–H groups in total. The number of hydrogen-bond donors (Lipinski definition) is 1. The molecular formula is C8H11N3O. The van der Waals surface area contributed by atoms with E-state index in [0.717, 1.165) is 30.8 Å². The molecule has 12 heavy (non-hydrogen) atoms. The molecule has 0 amide bonds. The summed E-state index contributed by atoms with van der Waals surface area (Å²) in [6.07, 6.45) is 0.920. The lowest BCUT2D eigenvalue weighted by molar-refractivity contribution is 0.584. The molecule has 0 bridgehead atoms. The van der Waals surface area contributed by atoms with Gasteiger partial charge >= 0.3 is 0 Å². The predicted molar refractivity (Wildman–Crippen MR) is 44.9 cm³/mol. The van der Waals surface area contributed by atoms with Crippen molar-refractivity contribution in [2.45, 2.75) is 13.0 Å². The molecule has 1 aliphatic rings. The highest BCUT2D eigenvalue weighted by molar-refractivity contribution is 5.19. The van der Waals surface area contributed by atoms with E-state index in [0.29, 0.717) is 0 Å². The van der Waals surface area contributed by atoms with E-state index >= 15 is 0 Å². The number of rotatable bonds is 0. The van der Waals surface area contributed by atoms with Gasteiger partial charge in [0.1, 0.15) is 0 Å². The first kappa shape index (κ1) is 7.49. The molecule has 0 saturated heterocycles. The molecule has 0 atom stereocenters. The summed E-state index contributed by atoms with van der Waals surface area (Å²) in [7, 11) is 1.69. The van der Waals surface area contributed by atoms with Gasteiger partial charge in [-0.25, -0.2) is 4.68 Å². The van der Waals surface area contributed by atoms with Gasteiger partial charge in [-0.05, 0) is 5.56 Å². The lowest BCUT2D eigenvalue weighted by Gasteiger charge is -2.15. The molecule has 0 saturated carbocycles. The van der Waals surface area contributed by atoms with Crippen LogP contribution >= 0.6 is 0 Å². The van der Waals surface area contributed by atoms with Crippen molar-refractivity contribution >= 4 is 0 Å². The fraction of sp³-hybridized carbons (Fsp3) is 0.500. The molecule has 2 heterocycles. The molecule has 4 nitrogen and oxygen atoms in total. The number of aryl methyl sites for hydroxylation is 1. The van der Waals surface area contributed by atoms with Crippen molar-refractivity contribution in [3.8, 4) is 0 Å². The van der Waals surface area contributed by atoms with Crippen molar-refractivity contribution in [1.82, 2.24) is 15.1 Å². The molecule has 0 radical (unpaired) electrons. The second-order valence-electron chi connectivity index (χ2n) is 3.00. The first-order valence-electron chi connectivity index (χ1n) is 4.04. The van der Waals surface area contributed by atoms with Crippen LogP contribution < -0.4 is 10.9 Å². The molecule has 4 heteroatoms. The Bertz CT molecular complexity index is 356. The zero-order valence-corrected chi connectivity index (χ0v) is 7.00. The number of aromatic nitrogens is 2. The Labute approximate surface area is 70.2 Å². The molecule has 0 aliphatic carbocycles. The maximum Gasteiger partial charge on any atom is 0.266 e. The molecule has 0 spiro atoms. The summed E-state index contributed by atoms with van der Waals surface area (Å²) in [5, 5.41) is 7.38. The van der Waals surface area contributed by atoms with Crippen molar-refractivity contribution in [3.63, 3.8) is 0 Å². The molecule has 0 aromatic carbocycles. The molecule has 1 aromatic heterocycles. The van der Waals surface area contributed by atoms with Crippen molar-refractivity contribution in [2.24, 2.45) is 7.05 Å². The topological polar surface area (TPSA) is 46.9 Å². The van der Waals surface area contributed by atoms with Crippen LogP contribution in [0.2, 0.25) is 0 Å². The van der Waals surface area contributed by atoms with E-state index in [-0.39, 0.29) is 5.56 Å². The van der Waals surface area contributed by atoms with Crippen LogP contribution in [-0.2, 0) is 20.0 Å². The monoisotopic (exact) mass is 165 g/mol. The maximum absolute atomic E-state index is 11.2. The highest BCUT2D eigenvalue weighted by atomic mass is 16.1. The van der Waals surface area contributed by atoms with Crippen LogP contribution in [0.25, 0.3) is 0 Å². The van der Waals surface area contributed by atoms with E-state index in [4.69, 9.17) is 0 Å². The third-order valence-corrected chi connectivity index (χ3v) is 2.11. The van der Waals surface area contributed by atoms with Gasteiger partial charge in [-0.1, -0.05) is 0 Å². The smallest absolute Gasteiger partial charge is 0.266 e. The third-order valence-electron chi connectivity index (χ3n) is 2.11. The number of nitrogens with one attached hydrogen (secondary N) is 1. The van der Waals surface area contributed by atoms with Crippen molar-refractivity contribution in [1.29, 1.82) is 0 Å². The van der Waals surface area contributed by atoms with Gasteiger partial charge in [0.05, 0.1) is 5.69 Å². The first-order chi connectivity index (χ1) is 5.77. The van der Waals surface area contributed by atoms with Gasteiger partial charge in [-0.3, -0.25) is 4.79 Å². The van der Waals surface area contributed by atoms with Crippen LogP contribution in [0, 0.1) is 0 Å². The molecule has 0 unspecified atom stereocenters. The van der Waals surface area contributed by atoms with Gasteiger partial charge in [-0.2, -0.15) is 5.10 Å². The zero-order valence-electron chi connectivity index (χ0n) is 7.00. The van der Waals surface area contributed by atoms with Gasteiger partial charge in [-0.15, -0.1) is 0 Å². The zero-order chi connectivity index (χ0) is 8.55.